The van der Waals surface area contributed by atoms with Gasteiger partial charge in [-0.15, -0.1) is 0 Å². The second-order valence-electron chi connectivity index (χ2n) is 5.03. The molecule has 2 rings (SSSR count). The molecule has 0 spiro atoms. The molecule has 1 atom stereocenters. The zero-order valence-electron chi connectivity index (χ0n) is 12.9. The first-order valence-corrected chi connectivity index (χ1v) is 6.93. The maximum absolute atomic E-state index is 13.3. The Morgan fingerprint density at radius 2 is 1.54 bits per heavy atom. The van der Waals surface area contributed by atoms with Crippen molar-refractivity contribution in [3.05, 3.63) is 59.4 Å². The highest BCUT2D eigenvalue weighted by atomic mass is 19.2. The Morgan fingerprint density at radius 3 is 2.00 bits per heavy atom. The molecule has 0 bridgehead atoms. The molecule has 0 radical (unpaired) electrons. The van der Waals surface area contributed by atoms with Crippen LogP contribution in [0.5, 0.6) is 0 Å². The highest BCUT2D eigenvalue weighted by Gasteiger charge is 2.22. The van der Waals surface area contributed by atoms with Gasteiger partial charge < -0.3 is 10.1 Å². The van der Waals surface area contributed by atoms with Gasteiger partial charge in [-0.3, -0.25) is 4.79 Å². The molecule has 0 aliphatic rings. The van der Waals surface area contributed by atoms with E-state index in [1.807, 2.05) is 0 Å². The minimum absolute atomic E-state index is 0.145. The first-order chi connectivity index (χ1) is 11.3. The number of rotatable bonds is 4. The first kappa shape index (κ1) is 17.5. The molecule has 2 aromatic carbocycles. The van der Waals surface area contributed by atoms with Crippen LogP contribution in [0.3, 0.4) is 0 Å². The van der Waals surface area contributed by atoms with E-state index in [4.69, 9.17) is 0 Å². The van der Waals surface area contributed by atoms with Gasteiger partial charge in [-0.05, 0) is 28.8 Å². The quantitative estimate of drug-likeness (QED) is 0.689. The summed E-state index contributed by atoms with van der Waals surface area (Å²) in [6.07, 6.45) is 0. The van der Waals surface area contributed by atoms with Crippen molar-refractivity contribution in [2.75, 3.05) is 7.11 Å². The monoisotopic (exact) mass is 337 g/mol. The number of benzene rings is 2. The minimum atomic E-state index is -1.54. The number of nitrogens with one attached hydrogen (secondary N) is 1. The van der Waals surface area contributed by atoms with Gasteiger partial charge in [0.15, 0.2) is 23.5 Å². The van der Waals surface area contributed by atoms with Gasteiger partial charge in [0.05, 0.1) is 7.11 Å². The SMILES string of the molecule is COC(=O)C(NC(C)=O)c1ccc(-c2cc(F)c(F)c(F)c2)cc1. The number of methoxy groups -OCH3 is 1. The van der Waals surface area contributed by atoms with E-state index in [9.17, 15) is 22.8 Å². The fraction of sp³-hybridized carbons (Fsp3) is 0.176. The molecule has 0 aliphatic carbocycles. The summed E-state index contributed by atoms with van der Waals surface area (Å²) in [5.74, 6) is -5.19. The lowest BCUT2D eigenvalue weighted by Crippen LogP contribution is -2.32. The second-order valence-corrected chi connectivity index (χ2v) is 5.03. The van der Waals surface area contributed by atoms with Crippen molar-refractivity contribution in [2.45, 2.75) is 13.0 Å². The summed E-state index contributed by atoms with van der Waals surface area (Å²) in [7, 11) is 1.19. The summed E-state index contributed by atoms with van der Waals surface area (Å²) < 4.78 is 44.2. The molecular formula is C17H14F3NO3. The van der Waals surface area contributed by atoms with Crippen molar-refractivity contribution in [1.29, 1.82) is 0 Å². The minimum Gasteiger partial charge on any atom is -0.467 e. The topological polar surface area (TPSA) is 55.4 Å². The summed E-state index contributed by atoms with van der Waals surface area (Å²) in [4.78, 5) is 23.0. The van der Waals surface area contributed by atoms with Gasteiger partial charge in [-0.25, -0.2) is 18.0 Å². The van der Waals surface area contributed by atoms with Crippen LogP contribution in [0.4, 0.5) is 13.2 Å². The first-order valence-electron chi connectivity index (χ1n) is 6.93. The van der Waals surface area contributed by atoms with Gasteiger partial charge in [0.2, 0.25) is 5.91 Å². The van der Waals surface area contributed by atoms with Crippen LogP contribution in [-0.2, 0) is 14.3 Å². The molecule has 0 fully saturated rings. The third-order valence-corrected chi connectivity index (χ3v) is 3.35. The van der Waals surface area contributed by atoms with E-state index in [0.29, 0.717) is 11.1 Å². The Balaban J connectivity index is 2.35. The van der Waals surface area contributed by atoms with Crippen molar-refractivity contribution in [1.82, 2.24) is 5.32 Å². The Hall–Kier alpha value is -2.83. The molecule has 7 heteroatoms. The lowest BCUT2D eigenvalue weighted by molar-refractivity contribution is -0.145. The van der Waals surface area contributed by atoms with Crippen molar-refractivity contribution < 1.29 is 27.5 Å². The van der Waals surface area contributed by atoms with E-state index in [0.717, 1.165) is 12.1 Å². The highest BCUT2D eigenvalue weighted by molar-refractivity contribution is 5.84. The maximum atomic E-state index is 13.3. The number of esters is 1. The normalized spacial score (nSPS) is 11.7. The summed E-state index contributed by atoms with van der Waals surface area (Å²) >= 11 is 0. The molecule has 24 heavy (non-hydrogen) atoms. The zero-order chi connectivity index (χ0) is 17.9. The molecule has 0 saturated heterocycles. The number of carbonyl (C=O) groups is 2. The van der Waals surface area contributed by atoms with Crippen LogP contribution in [-0.4, -0.2) is 19.0 Å². The molecule has 1 amide bonds. The van der Waals surface area contributed by atoms with Crippen molar-refractivity contribution in [2.24, 2.45) is 0 Å². The van der Waals surface area contributed by atoms with Gasteiger partial charge in [-0.1, -0.05) is 24.3 Å². The fourth-order valence-electron chi connectivity index (χ4n) is 2.19. The van der Waals surface area contributed by atoms with Crippen LogP contribution in [0.1, 0.15) is 18.5 Å². The molecule has 126 valence electrons. The summed E-state index contributed by atoms with van der Waals surface area (Å²) in [6.45, 7) is 1.26. The van der Waals surface area contributed by atoms with Crippen LogP contribution in [0, 0.1) is 17.5 Å². The smallest absolute Gasteiger partial charge is 0.333 e. The third-order valence-electron chi connectivity index (χ3n) is 3.35. The molecule has 0 aromatic heterocycles. The third kappa shape index (κ3) is 3.73. The van der Waals surface area contributed by atoms with Crippen LogP contribution in [0.25, 0.3) is 11.1 Å². The predicted octanol–water partition coefficient (Wildman–Crippen LogP) is 3.12. The van der Waals surface area contributed by atoms with Gasteiger partial charge in [0.1, 0.15) is 0 Å². The molecule has 0 aliphatic heterocycles. The van der Waals surface area contributed by atoms with Crippen molar-refractivity contribution in [3.63, 3.8) is 0 Å². The molecule has 1 N–H and O–H groups in total. The van der Waals surface area contributed by atoms with E-state index in [1.54, 1.807) is 0 Å². The Kier molecular flexibility index (Phi) is 5.23. The average Bonchev–Trinajstić information content (AvgIpc) is 2.56. The average molecular weight is 337 g/mol. The largest absolute Gasteiger partial charge is 0.467 e. The molecule has 2 aromatic rings. The molecule has 0 saturated carbocycles. The van der Waals surface area contributed by atoms with Gasteiger partial charge >= 0.3 is 5.97 Å². The molecule has 1 unspecified atom stereocenters. The molecule has 4 nitrogen and oxygen atoms in total. The van der Waals surface area contributed by atoms with Gasteiger partial charge in [0, 0.05) is 6.92 Å². The van der Waals surface area contributed by atoms with Gasteiger partial charge in [-0.2, -0.15) is 0 Å². The lowest BCUT2D eigenvalue weighted by atomic mass is 10.0. The number of halogens is 3. The van der Waals surface area contributed by atoms with Crippen LogP contribution in [0.15, 0.2) is 36.4 Å². The van der Waals surface area contributed by atoms with E-state index >= 15 is 0 Å². The maximum Gasteiger partial charge on any atom is 0.333 e. The predicted molar refractivity (Wildman–Crippen MR) is 80.3 cm³/mol. The zero-order valence-corrected chi connectivity index (χ0v) is 12.9. The van der Waals surface area contributed by atoms with E-state index in [-0.39, 0.29) is 5.56 Å². The van der Waals surface area contributed by atoms with Crippen molar-refractivity contribution >= 4 is 11.9 Å². The Bertz CT molecular complexity index is 752. The van der Waals surface area contributed by atoms with Gasteiger partial charge in [0.25, 0.3) is 0 Å². The van der Waals surface area contributed by atoms with E-state index < -0.39 is 35.4 Å². The Morgan fingerprint density at radius 1 is 1.00 bits per heavy atom. The summed E-state index contributed by atoms with van der Waals surface area (Å²) in [5, 5.41) is 2.45. The summed E-state index contributed by atoms with van der Waals surface area (Å²) in [5.41, 5.74) is 0.999. The number of hydrogen-bond acceptors (Lipinski definition) is 3. The van der Waals surface area contributed by atoms with Crippen molar-refractivity contribution in [3.8, 4) is 11.1 Å². The fourth-order valence-corrected chi connectivity index (χ4v) is 2.19. The molecule has 0 heterocycles. The number of hydrogen-bond donors (Lipinski definition) is 1. The Labute approximate surface area is 136 Å². The second kappa shape index (κ2) is 7.16. The van der Waals surface area contributed by atoms with E-state index in [2.05, 4.69) is 10.1 Å². The summed E-state index contributed by atoms with van der Waals surface area (Å²) in [6, 6.07) is 6.76. The lowest BCUT2D eigenvalue weighted by Gasteiger charge is -2.16. The van der Waals surface area contributed by atoms with Crippen LogP contribution in [0.2, 0.25) is 0 Å². The highest BCUT2D eigenvalue weighted by Crippen LogP contribution is 2.25. The standard InChI is InChI=1S/C17H14F3NO3/c1-9(22)21-16(17(23)24-2)11-5-3-10(4-6-11)12-7-13(18)15(20)14(19)8-12/h3-8,16H,1-2H3,(H,21,22). The van der Waals surface area contributed by atoms with E-state index in [1.165, 1.54) is 38.3 Å². The van der Waals surface area contributed by atoms with Crippen LogP contribution < -0.4 is 5.32 Å². The van der Waals surface area contributed by atoms with Crippen LogP contribution >= 0.6 is 0 Å². The number of carbonyl (C=O) groups excluding carboxylic acids is 2. The number of ether oxygens (including phenoxy) is 1. The number of amides is 1. The molecular weight excluding hydrogens is 323 g/mol.